The summed E-state index contributed by atoms with van der Waals surface area (Å²) in [6.07, 6.45) is 0. The Bertz CT molecular complexity index is 2800. The summed E-state index contributed by atoms with van der Waals surface area (Å²) in [5.41, 5.74) is 17.0. The Kier molecular flexibility index (Phi) is 10.5. The van der Waals surface area contributed by atoms with Crippen molar-refractivity contribution in [1.82, 2.24) is 19.9 Å². The molecule has 6 aromatic carbocycles. The van der Waals surface area contributed by atoms with Gasteiger partial charge in [-0.25, -0.2) is 9.97 Å². The summed E-state index contributed by atoms with van der Waals surface area (Å²) in [6.45, 7) is 16.2. The average molecular weight is 755 g/mol. The van der Waals surface area contributed by atoms with Gasteiger partial charge in [-0.15, -0.1) is 0 Å². The molecule has 0 aliphatic carbocycles. The monoisotopic (exact) mass is 754 g/mol. The molecule has 0 unspecified atom stereocenters. The van der Waals surface area contributed by atoms with Crippen molar-refractivity contribution in [2.24, 2.45) is 0 Å². The van der Waals surface area contributed by atoms with Gasteiger partial charge in [0.1, 0.15) is 17.4 Å². The van der Waals surface area contributed by atoms with Crippen molar-refractivity contribution in [2.75, 3.05) is 10.6 Å². The zero-order chi connectivity index (χ0) is 40.5. The summed E-state index contributed by atoms with van der Waals surface area (Å²) in [6, 6.07) is 32.4. The lowest BCUT2D eigenvalue weighted by Gasteiger charge is -2.08. The van der Waals surface area contributed by atoms with Crippen LogP contribution in [0, 0.1) is 55.4 Å². The first-order valence-electron chi connectivity index (χ1n) is 18.9. The average Bonchev–Trinajstić information content (AvgIpc) is 3.78. The van der Waals surface area contributed by atoms with Crippen LogP contribution in [0.25, 0.3) is 44.8 Å². The van der Waals surface area contributed by atoms with Crippen LogP contribution in [0.3, 0.4) is 0 Å². The van der Waals surface area contributed by atoms with Gasteiger partial charge in [0.2, 0.25) is 0 Å². The number of amides is 2. The van der Waals surface area contributed by atoms with Crippen LogP contribution in [0.5, 0.6) is 5.75 Å². The minimum Gasteiger partial charge on any atom is -0.508 e. The molecule has 0 saturated carbocycles. The Morgan fingerprint density at radius 2 is 0.895 bits per heavy atom. The lowest BCUT2D eigenvalue weighted by atomic mass is 10.0. The van der Waals surface area contributed by atoms with E-state index in [1.54, 1.807) is 18.2 Å². The zero-order valence-electron chi connectivity index (χ0n) is 33.5. The number of fused-ring (bicyclic) bond motifs is 2. The van der Waals surface area contributed by atoms with Crippen LogP contribution in [-0.4, -0.2) is 36.9 Å². The van der Waals surface area contributed by atoms with Gasteiger partial charge in [0.25, 0.3) is 11.8 Å². The maximum atomic E-state index is 12.7. The van der Waals surface area contributed by atoms with Crippen molar-refractivity contribution in [2.45, 2.75) is 55.4 Å². The maximum absolute atomic E-state index is 12.7. The molecule has 0 radical (unpaired) electrons. The summed E-state index contributed by atoms with van der Waals surface area (Å²) >= 11 is 0. The molecule has 0 fully saturated rings. The molecule has 2 heterocycles. The Morgan fingerprint density at radius 3 is 1.32 bits per heavy atom. The molecule has 0 bridgehead atoms. The second-order valence-electron chi connectivity index (χ2n) is 14.9. The van der Waals surface area contributed by atoms with E-state index < -0.39 is 0 Å². The number of nitrogens with one attached hydrogen (secondary N) is 4. The Morgan fingerprint density at radius 1 is 0.474 bits per heavy atom. The van der Waals surface area contributed by atoms with Gasteiger partial charge in [0.05, 0.1) is 22.1 Å². The van der Waals surface area contributed by atoms with E-state index in [0.717, 1.165) is 78.5 Å². The van der Waals surface area contributed by atoms with Crippen molar-refractivity contribution in [3.8, 4) is 28.5 Å². The molecule has 2 amide bonds. The van der Waals surface area contributed by atoms with Gasteiger partial charge in [0, 0.05) is 33.6 Å². The van der Waals surface area contributed by atoms with Crippen molar-refractivity contribution in [3.63, 3.8) is 0 Å². The Balaban J connectivity index is 0.000000174. The summed E-state index contributed by atoms with van der Waals surface area (Å²) in [7, 11) is 0. The van der Waals surface area contributed by atoms with E-state index in [1.807, 2.05) is 107 Å². The number of hydrogen-bond acceptors (Lipinski definition) is 5. The number of phenols is 1. The minimum atomic E-state index is -0.164. The van der Waals surface area contributed by atoms with E-state index in [0.29, 0.717) is 11.1 Å². The number of benzene rings is 6. The first-order valence-corrected chi connectivity index (χ1v) is 18.9. The Labute approximate surface area is 332 Å². The highest BCUT2D eigenvalue weighted by atomic mass is 16.3. The number of phenolic OH excluding ortho intramolecular Hbond substituents is 1. The van der Waals surface area contributed by atoms with Gasteiger partial charge >= 0.3 is 0 Å². The highest BCUT2D eigenvalue weighted by molar-refractivity contribution is 6.07. The summed E-state index contributed by atoms with van der Waals surface area (Å²) in [5, 5.41) is 15.7. The number of aromatic hydroxyl groups is 1. The molecular formula is C48H46N6O3. The molecule has 8 aromatic rings. The molecule has 57 heavy (non-hydrogen) atoms. The van der Waals surface area contributed by atoms with E-state index in [4.69, 9.17) is 4.98 Å². The highest BCUT2D eigenvalue weighted by Crippen LogP contribution is 2.31. The van der Waals surface area contributed by atoms with Crippen molar-refractivity contribution in [3.05, 3.63) is 159 Å². The zero-order valence-corrected chi connectivity index (χ0v) is 33.5. The van der Waals surface area contributed by atoms with Crippen LogP contribution in [-0.2, 0) is 0 Å². The van der Waals surface area contributed by atoms with Crippen LogP contribution in [0.2, 0.25) is 0 Å². The number of H-pyrrole nitrogens is 2. The molecule has 0 spiro atoms. The number of hydrogen-bond donors (Lipinski definition) is 5. The molecule has 5 N–H and O–H groups in total. The predicted molar refractivity (Wildman–Crippen MR) is 231 cm³/mol. The lowest BCUT2D eigenvalue weighted by molar-refractivity contribution is 0.101. The van der Waals surface area contributed by atoms with Crippen molar-refractivity contribution in [1.29, 1.82) is 0 Å². The third-order valence-electron chi connectivity index (χ3n) is 10.5. The van der Waals surface area contributed by atoms with Crippen LogP contribution in [0.15, 0.2) is 103 Å². The number of aromatic amines is 2. The van der Waals surface area contributed by atoms with Crippen molar-refractivity contribution < 1.29 is 14.7 Å². The standard InChI is InChI=1S/C24H23N3O2.C24H23N3O/c1-13-5-7-18(9-14(13)2)25-24(29)17-6-8-20-21(12-17)27-23(26-20)22-15(3)10-19(28)11-16(22)4;1-14-8-10-19(12-17(14)4)25-24(28)18-9-11-20-21(13-18)27-23(26-20)22-15(2)6-5-7-16(22)3/h5-12,28H,1-4H3,(H,25,29)(H,26,27);5-13H,1-4H3,(H,25,28)(H,26,27). The molecule has 9 nitrogen and oxygen atoms in total. The predicted octanol–water partition coefficient (Wildman–Crippen LogP) is 11.1. The summed E-state index contributed by atoms with van der Waals surface area (Å²) in [5.74, 6) is 1.50. The highest BCUT2D eigenvalue weighted by Gasteiger charge is 2.16. The molecule has 8 rings (SSSR count). The SMILES string of the molecule is Cc1ccc(NC(=O)c2ccc3nc(-c4c(C)cc(O)cc4C)[nH]c3c2)cc1C.Cc1ccc(NC(=O)c2ccc3nc(-c4c(C)cccc4C)[nH]c3c2)cc1C. The third kappa shape index (κ3) is 8.18. The normalized spacial score (nSPS) is 11.0. The van der Waals surface area contributed by atoms with Crippen LogP contribution in [0.4, 0.5) is 11.4 Å². The van der Waals surface area contributed by atoms with E-state index in [2.05, 4.69) is 58.5 Å². The van der Waals surface area contributed by atoms with Crippen LogP contribution < -0.4 is 10.6 Å². The third-order valence-corrected chi connectivity index (χ3v) is 10.5. The van der Waals surface area contributed by atoms with Crippen molar-refractivity contribution >= 4 is 45.3 Å². The number of carbonyl (C=O) groups is 2. The summed E-state index contributed by atoms with van der Waals surface area (Å²) in [4.78, 5) is 41.5. The fourth-order valence-electron chi connectivity index (χ4n) is 7.09. The number of rotatable bonds is 6. The Hall–Kier alpha value is -7.00. The number of carbonyl (C=O) groups excluding carboxylic acids is 2. The van der Waals surface area contributed by atoms with Crippen LogP contribution >= 0.6 is 0 Å². The second kappa shape index (κ2) is 15.6. The molecule has 9 heteroatoms. The molecule has 0 saturated heterocycles. The molecule has 286 valence electrons. The first-order chi connectivity index (χ1) is 27.2. The van der Waals surface area contributed by atoms with E-state index in [-0.39, 0.29) is 17.6 Å². The first kappa shape index (κ1) is 38.3. The fourth-order valence-corrected chi connectivity index (χ4v) is 7.09. The van der Waals surface area contributed by atoms with Crippen LogP contribution in [0.1, 0.15) is 65.2 Å². The van der Waals surface area contributed by atoms with Gasteiger partial charge in [-0.1, -0.05) is 30.3 Å². The molecular weight excluding hydrogens is 709 g/mol. The minimum absolute atomic E-state index is 0.131. The fraction of sp³-hybridized carbons (Fsp3) is 0.167. The maximum Gasteiger partial charge on any atom is 0.255 e. The van der Waals surface area contributed by atoms with E-state index >= 15 is 0 Å². The molecule has 0 aliphatic rings. The van der Waals surface area contributed by atoms with E-state index in [1.165, 1.54) is 22.3 Å². The van der Waals surface area contributed by atoms with E-state index in [9.17, 15) is 14.7 Å². The topological polar surface area (TPSA) is 136 Å². The number of nitrogens with zero attached hydrogens (tertiary/aromatic N) is 2. The molecule has 2 aromatic heterocycles. The number of aryl methyl sites for hydroxylation is 8. The van der Waals surface area contributed by atoms with Gasteiger partial charge in [-0.05, 0) is 173 Å². The van der Waals surface area contributed by atoms with Gasteiger partial charge in [-0.2, -0.15) is 0 Å². The van der Waals surface area contributed by atoms with Gasteiger partial charge in [0.15, 0.2) is 0 Å². The molecule has 0 aliphatic heterocycles. The second-order valence-corrected chi connectivity index (χ2v) is 14.9. The lowest BCUT2D eigenvalue weighted by Crippen LogP contribution is -2.11. The largest absolute Gasteiger partial charge is 0.508 e. The smallest absolute Gasteiger partial charge is 0.255 e. The number of imidazole rings is 2. The molecule has 0 atom stereocenters. The summed E-state index contributed by atoms with van der Waals surface area (Å²) < 4.78 is 0. The number of aromatic nitrogens is 4. The van der Waals surface area contributed by atoms with Gasteiger partial charge < -0.3 is 25.7 Å². The van der Waals surface area contributed by atoms with Gasteiger partial charge in [-0.3, -0.25) is 9.59 Å². The number of anilines is 2. The quantitative estimate of drug-likeness (QED) is 0.115.